The number of hydrogen-bond acceptors (Lipinski definition) is 8. The van der Waals surface area contributed by atoms with E-state index < -0.39 is 0 Å². The molecule has 2 aliphatic rings. The fourth-order valence-electron chi connectivity index (χ4n) is 5.35. The minimum atomic E-state index is -0.231. The summed E-state index contributed by atoms with van der Waals surface area (Å²) in [4.78, 5) is 17.7. The molecule has 3 N–H and O–H groups in total. The largest absolute Gasteiger partial charge is 0.487 e. The first-order chi connectivity index (χ1) is 21.9. The van der Waals surface area contributed by atoms with Gasteiger partial charge in [0.05, 0.1) is 40.7 Å². The van der Waals surface area contributed by atoms with Gasteiger partial charge in [-0.05, 0) is 62.7 Å². The molecule has 45 heavy (non-hydrogen) atoms. The Bertz CT molecular complexity index is 1770. The van der Waals surface area contributed by atoms with Crippen LogP contribution in [0.3, 0.4) is 0 Å². The fraction of sp³-hybridized carbons (Fsp3) is 0.286. The maximum atomic E-state index is 13.1. The summed E-state index contributed by atoms with van der Waals surface area (Å²) in [6.45, 7) is 5.23. The molecule has 2 saturated heterocycles. The molecule has 3 aromatic carbocycles. The van der Waals surface area contributed by atoms with Gasteiger partial charge in [0.15, 0.2) is 0 Å². The van der Waals surface area contributed by atoms with Crippen LogP contribution in [0.4, 0.5) is 17.1 Å². The number of rotatable bonds is 9. The Morgan fingerprint density at radius 3 is 2.71 bits per heavy atom. The zero-order valence-electron chi connectivity index (χ0n) is 25.0. The van der Waals surface area contributed by atoms with Gasteiger partial charge in [-0.3, -0.25) is 9.78 Å². The molecule has 1 unspecified atom stereocenters. The lowest BCUT2D eigenvalue weighted by Crippen LogP contribution is -2.24. The van der Waals surface area contributed by atoms with Crippen molar-refractivity contribution in [2.75, 3.05) is 36.9 Å². The summed E-state index contributed by atoms with van der Waals surface area (Å²) >= 11 is 6.62. The molecule has 4 aromatic rings. The Morgan fingerprint density at radius 1 is 1.16 bits per heavy atom. The van der Waals surface area contributed by atoms with Gasteiger partial charge in [-0.1, -0.05) is 47.0 Å². The van der Waals surface area contributed by atoms with Gasteiger partial charge in [-0.25, -0.2) is 0 Å². The van der Waals surface area contributed by atoms with Gasteiger partial charge < -0.3 is 30.2 Å². The van der Waals surface area contributed by atoms with E-state index in [1.165, 1.54) is 11.8 Å². The Kier molecular flexibility index (Phi) is 9.46. The SMILES string of the molecule is Cc1ccc(COc2ccc(Nc3c(C#N)cnc4cc(OC5CCOC5)c(NC(=O)C=C5CCNCC5)cc34)cc2Cl)cc1. The fourth-order valence-corrected chi connectivity index (χ4v) is 5.59. The number of carbonyl (C=O) groups is 1. The number of piperidine rings is 1. The number of halogens is 1. The number of nitrogens with one attached hydrogen (secondary N) is 3. The van der Waals surface area contributed by atoms with Gasteiger partial charge in [0, 0.05) is 35.8 Å². The maximum Gasteiger partial charge on any atom is 0.248 e. The van der Waals surface area contributed by atoms with Crippen molar-refractivity contribution in [3.8, 4) is 17.6 Å². The number of amides is 1. The summed E-state index contributed by atoms with van der Waals surface area (Å²) in [7, 11) is 0. The van der Waals surface area contributed by atoms with Crippen LogP contribution in [-0.4, -0.2) is 43.3 Å². The monoisotopic (exact) mass is 623 g/mol. The predicted octanol–water partition coefficient (Wildman–Crippen LogP) is 6.81. The number of aryl methyl sites for hydroxylation is 1. The summed E-state index contributed by atoms with van der Waals surface area (Å²) in [6, 6.07) is 19.4. The third-order valence-corrected chi connectivity index (χ3v) is 8.12. The van der Waals surface area contributed by atoms with Crippen LogP contribution >= 0.6 is 11.6 Å². The lowest BCUT2D eigenvalue weighted by molar-refractivity contribution is -0.112. The van der Waals surface area contributed by atoms with Crippen LogP contribution in [0.15, 0.2) is 72.4 Å². The van der Waals surface area contributed by atoms with E-state index in [-0.39, 0.29) is 12.0 Å². The molecular weight excluding hydrogens is 590 g/mol. The van der Waals surface area contributed by atoms with Crippen molar-refractivity contribution >= 4 is 45.5 Å². The van der Waals surface area contributed by atoms with Crippen molar-refractivity contribution in [1.29, 1.82) is 5.26 Å². The molecule has 6 rings (SSSR count). The number of nitriles is 1. The quantitative estimate of drug-likeness (QED) is 0.174. The zero-order chi connectivity index (χ0) is 31.2. The maximum absolute atomic E-state index is 13.1. The van der Waals surface area contributed by atoms with Crippen molar-refractivity contribution in [2.24, 2.45) is 0 Å². The van der Waals surface area contributed by atoms with Crippen LogP contribution in [0, 0.1) is 18.3 Å². The molecule has 9 nitrogen and oxygen atoms in total. The number of ether oxygens (including phenoxy) is 3. The van der Waals surface area contributed by atoms with Gasteiger partial charge in [0.2, 0.25) is 5.91 Å². The minimum absolute atomic E-state index is 0.134. The molecule has 2 aliphatic heterocycles. The molecule has 0 spiro atoms. The molecule has 1 aromatic heterocycles. The second-order valence-electron chi connectivity index (χ2n) is 11.2. The summed E-state index contributed by atoms with van der Waals surface area (Å²) in [5, 5.41) is 20.8. The summed E-state index contributed by atoms with van der Waals surface area (Å²) in [6.07, 6.45) is 5.47. The van der Waals surface area contributed by atoms with E-state index in [1.807, 2.05) is 37.3 Å². The number of anilines is 3. The number of carbonyl (C=O) groups excluding carboxylic acids is 1. The number of aromatic nitrogens is 1. The third-order valence-electron chi connectivity index (χ3n) is 7.83. The van der Waals surface area contributed by atoms with Gasteiger partial charge in [0.1, 0.15) is 30.3 Å². The first-order valence-electron chi connectivity index (χ1n) is 15.0. The highest BCUT2D eigenvalue weighted by molar-refractivity contribution is 6.32. The normalized spacial score (nSPS) is 16.2. The molecule has 2 fully saturated rings. The Morgan fingerprint density at radius 2 is 1.98 bits per heavy atom. The molecule has 1 amide bonds. The van der Waals surface area contributed by atoms with Crippen molar-refractivity contribution in [3.05, 3.63) is 94.2 Å². The summed E-state index contributed by atoms with van der Waals surface area (Å²) < 4.78 is 17.8. The van der Waals surface area contributed by atoms with Crippen molar-refractivity contribution in [1.82, 2.24) is 10.3 Å². The number of pyridine rings is 1. The standard InChI is InChI=1S/C35H34ClN5O4/c1-22-2-4-24(5-3-22)20-44-32-7-6-26(15-29(32)36)40-35-25(18-37)19-39-30-17-33(45-27-10-13-43-21-27)31(16-28(30)35)41-34(42)14-23-8-11-38-12-9-23/h2-7,14-17,19,27,38H,8-13,20-21H2,1H3,(H,39,40)(H,41,42). The van der Waals surface area contributed by atoms with E-state index in [0.29, 0.717) is 69.9 Å². The van der Waals surface area contributed by atoms with Crippen LogP contribution in [0.2, 0.25) is 5.02 Å². The molecular formula is C35H34ClN5O4. The highest BCUT2D eigenvalue weighted by Crippen LogP contribution is 2.38. The van der Waals surface area contributed by atoms with Crippen LogP contribution in [-0.2, 0) is 16.1 Å². The second kappa shape index (κ2) is 14.0. The average Bonchev–Trinajstić information content (AvgIpc) is 3.56. The van der Waals surface area contributed by atoms with Crippen LogP contribution in [0.1, 0.15) is 36.0 Å². The predicted molar refractivity (Wildman–Crippen MR) is 175 cm³/mol. The van der Waals surface area contributed by atoms with Gasteiger partial charge in [-0.2, -0.15) is 5.26 Å². The zero-order valence-corrected chi connectivity index (χ0v) is 25.7. The molecule has 1 atom stereocenters. The minimum Gasteiger partial charge on any atom is -0.487 e. The van der Waals surface area contributed by atoms with Crippen molar-refractivity contribution in [2.45, 2.75) is 38.9 Å². The van der Waals surface area contributed by atoms with Gasteiger partial charge in [0.25, 0.3) is 0 Å². The average molecular weight is 624 g/mol. The summed E-state index contributed by atoms with van der Waals surface area (Å²) in [5.74, 6) is 0.815. The van der Waals surface area contributed by atoms with Gasteiger partial charge in [-0.15, -0.1) is 0 Å². The third kappa shape index (κ3) is 7.55. The molecule has 230 valence electrons. The summed E-state index contributed by atoms with van der Waals surface area (Å²) in [5.41, 5.74) is 5.95. The number of nitrogens with zero attached hydrogens (tertiary/aromatic N) is 2. The molecule has 10 heteroatoms. The molecule has 3 heterocycles. The topological polar surface area (TPSA) is 118 Å². The molecule has 0 bridgehead atoms. The lowest BCUT2D eigenvalue weighted by Gasteiger charge is -2.19. The van der Waals surface area contributed by atoms with E-state index in [1.54, 1.807) is 30.3 Å². The van der Waals surface area contributed by atoms with E-state index in [9.17, 15) is 10.1 Å². The van der Waals surface area contributed by atoms with Gasteiger partial charge >= 0.3 is 0 Å². The van der Waals surface area contributed by atoms with Crippen LogP contribution in [0.5, 0.6) is 11.5 Å². The smallest absolute Gasteiger partial charge is 0.248 e. The Labute approximate surface area is 267 Å². The first kappa shape index (κ1) is 30.4. The lowest BCUT2D eigenvalue weighted by atomic mass is 10.0. The van der Waals surface area contributed by atoms with E-state index in [0.717, 1.165) is 43.5 Å². The number of hydrogen-bond donors (Lipinski definition) is 3. The van der Waals surface area contributed by atoms with Crippen LogP contribution < -0.4 is 25.4 Å². The second-order valence-corrected chi connectivity index (χ2v) is 11.6. The van der Waals surface area contributed by atoms with E-state index >= 15 is 0 Å². The Hall–Kier alpha value is -4.62. The van der Waals surface area contributed by atoms with E-state index in [4.69, 9.17) is 25.8 Å². The Balaban J connectivity index is 1.30. The van der Waals surface area contributed by atoms with Crippen molar-refractivity contribution < 1.29 is 19.0 Å². The number of fused-ring (bicyclic) bond motifs is 1. The highest BCUT2D eigenvalue weighted by atomic mass is 35.5. The number of benzene rings is 3. The highest BCUT2D eigenvalue weighted by Gasteiger charge is 2.22. The molecule has 0 aliphatic carbocycles. The van der Waals surface area contributed by atoms with E-state index in [2.05, 4.69) is 27.0 Å². The molecule has 0 radical (unpaired) electrons. The van der Waals surface area contributed by atoms with Crippen LogP contribution in [0.25, 0.3) is 10.9 Å². The molecule has 0 saturated carbocycles. The van der Waals surface area contributed by atoms with Crippen molar-refractivity contribution in [3.63, 3.8) is 0 Å². The first-order valence-corrected chi connectivity index (χ1v) is 15.4.